The second-order valence-electron chi connectivity index (χ2n) is 5.66. The number of aromatic nitrogens is 1. The van der Waals surface area contributed by atoms with Crippen LogP contribution in [0.2, 0.25) is 0 Å². The van der Waals surface area contributed by atoms with Crippen molar-refractivity contribution in [2.75, 3.05) is 5.32 Å². The van der Waals surface area contributed by atoms with Gasteiger partial charge in [0.15, 0.2) is 10.8 Å². The Hall–Kier alpha value is -1.10. The first kappa shape index (κ1) is 13.3. The van der Waals surface area contributed by atoms with Crippen molar-refractivity contribution in [3.8, 4) is 0 Å². The molecule has 1 atom stereocenters. The largest absolute Gasteiger partial charge is 0.476 e. The monoisotopic (exact) mass is 268 g/mol. The topological polar surface area (TPSA) is 62.2 Å². The number of carbonyl (C=O) groups is 1. The number of carboxylic acid groups (broad SMARTS) is 1. The third kappa shape index (κ3) is 2.66. The molecular weight excluding hydrogens is 248 g/mol. The van der Waals surface area contributed by atoms with E-state index in [1.807, 2.05) is 0 Å². The van der Waals surface area contributed by atoms with Crippen LogP contribution in [0, 0.1) is 12.3 Å². The Morgan fingerprint density at radius 3 is 2.78 bits per heavy atom. The van der Waals surface area contributed by atoms with E-state index in [-0.39, 0.29) is 11.1 Å². The van der Waals surface area contributed by atoms with Gasteiger partial charge in [-0.3, -0.25) is 0 Å². The number of rotatable bonds is 3. The number of nitrogens with one attached hydrogen (secondary N) is 1. The minimum absolute atomic E-state index is 0.177. The highest BCUT2D eigenvalue weighted by Crippen LogP contribution is 2.38. The number of thiazole rings is 1. The molecule has 2 N–H and O–H groups in total. The standard InChI is InChI=1S/C13H20N2O2S/c1-8-10(11(16)17)15-12(18-8)14-9-6-4-5-7-13(9,2)3/h9H,4-7H2,1-3H3,(H,14,15)(H,16,17). The molecule has 1 aromatic rings. The summed E-state index contributed by atoms with van der Waals surface area (Å²) in [6.07, 6.45) is 4.86. The third-order valence-corrected chi connectivity index (χ3v) is 4.71. The Kier molecular flexibility index (Phi) is 3.61. The summed E-state index contributed by atoms with van der Waals surface area (Å²) in [4.78, 5) is 15.9. The zero-order valence-electron chi connectivity index (χ0n) is 11.1. The summed E-state index contributed by atoms with van der Waals surface area (Å²) in [6, 6.07) is 0.387. The van der Waals surface area contributed by atoms with Crippen LogP contribution in [0.1, 0.15) is 54.9 Å². The SMILES string of the molecule is Cc1sc(NC2CCCCC2(C)C)nc1C(=O)O. The van der Waals surface area contributed by atoms with Crippen molar-refractivity contribution in [1.29, 1.82) is 0 Å². The van der Waals surface area contributed by atoms with Crippen molar-refractivity contribution in [3.05, 3.63) is 10.6 Å². The minimum atomic E-state index is -0.945. The van der Waals surface area contributed by atoms with Crippen molar-refractivity contribution >= 4 is 22.4 Å². The van der Waals surface area contributed by atoms with Gasteiger partial charge in [0.05, 0.1) is 0 Å². The summed E-state index contributed by atoms with van der Waals surface area (Å²) in [5.41, 5.74) is 0.428. The average molecular weight is 268 g/mol. The molecule has 0 bridgehead atoms. The number of hydrogen-bond donors (Lipinski definition) is 2. The summed E-state index contributed by atoms with van der Waals surface area (Å²) in [5, 5.41) is 13.2. The number of aromatic carboxylic acids is 1. The number of anilines is 1. The average Bonchev–Trinajstić information content (AvgIpc) is 2.63. The fraction of sp³-hybridized carbons (Fsp3) is 0.692. The minimum Gasteiger partial charge on any atom is -0.476 e. The fourth-order valence-electron chi connectivity index (χ4n) is 2.57. The van der Waals surface area contributed by atoms with Gasteiger partial charge in [-0.05, 0) is 25.2 Å². The van der Waals surface area contributed by atoms with Crippen LogP contribution in [-0.2, 0) is 0 Å². The maximum absolute atomic E-state index is 11.0. The molecule has 4 nitrogen and oxygen atoms in total. The maximum Gasteiger partial charge on any atom is 0.355 e. The predicted octanol–water partition coefficient (Wildman–Crippen LogP) is 3.53. The molecule has 1 aliphatic carbocycles. The molecule has 100 valence electrons. The zero-order chi connectivity index (χ0) is 13.3. The molecule has 1 unspecified atom stereocenters. The molecule has 0 spiro atoms. The van der Waals surface area contributed by atoms with Gasteiger partial charge in [0.1, 0.15) is 0 Å². The van der Waals surface area contributed by atoms with Crippen LogP contribution in [0.5, 0.6) is 0 Å². The van der Waals surface area contributed by atoms with Gasteiger partial charge >= 0.3 is 5.97 Å². The molecule has 0 amide bonds. The van der Waals surface area contributed by atoms with E-state index in [0.29, 0.717) is 6.04 Å². The van der Waals surface area contributed by atoms with Crippen LogP contribution in [0.3, 0.4) is 0 Å². The smallest absolute Gasteiger partial charge is 0.355 e. The highest BCUT2D eigenvalue weighted by Gasteiger charge is 2.32. The summed E-state index contributed by atoms with van der Waals surface area (Å²) in [5.74, 6) is -0.945. The Balaban J connectivity index is 2.13. The van der Waals surface area contributed by atoms with E-state index in [1.54, 1.807) is 6.92 Å². The van der Waals surface area contributed by atoms with Crippen LogP contribution < -0.4 is 5.32 Å². The Morgan fingerprint density at radius 1 is 1.50 bits per heavy atom. The van der Waals surface area contributed by atoms with E-state index < -0.39 is 5.97 Å². The normalized spacial score (nSPS) is 22.7. The lowest BCUT2D eigenvalue weighted by Gasteiger charge is -2.38. The highest BCUT2D eigenvalue weighted by molar-refractivity contribution is 7.15. The maximum atomic E-state index is 11.0. The summed E-state index contributed by atoms with van der Waals surface area (Å²) in [6.45, 7) is 6.34. The molecule has 1 aliphatic rings. The van der Waals surface area contributed by atoms with Gasteiger partial charge < -0.3 is 10.4 Å². The number of aryl methyl sites for hydroxylation is 1. The molecule has 1 aromatic heterocycles. The van der Waals surface area contributed by atoms with Crippen molar-refractivity contribution < 1.29 is 9.90 Å². The van der Waals surface area contributed by atoms with E-state index in [1.165, 1.54) is 30.6 Å². The Bertz CT molecular complexity index is 454. The molecule has 0 aromatic carbocycles. The van der Waals surface area contributed by atoms with Crippen molar-refractivity contribution in [2.24, 2.45) is 5.41 Å². The van der Waals surface area contributed by atoms with Gasteiger partial charge in [-0.2, -0.15) is 0 Å². The van der Waals surface area contributed by atoms with E-state index >= 15 is 0 Å². The molecule has 0 aliphatic heterocycles. The van der Waals surface area contributed by atoms with E-state index in [4.69, 9.17) is 5.11 Å². The second kappa shape index (κ2) is 4.88. The van der Waals surface area contributed by atoms with Crippen molar-refractivity contribution in [3.63, 3.8) is 0 Å². The van der Waals surface area contributed by atoms with Gasteiger partial charge in [-0.15, -0.1) is 11.3 Å². The molecule has 1 fully saturated rings. The first-order chi connectivity index (χ1) is 8.40. The van der Waals surface area contributed by atoms with Crippen LogP contribution in [0.25, 0.3) is 0 Å². The second-order valence-corrected chi connectivity index (χ2v) is 6.86. The lowest BCUT2D eigenvalue weighted by Crippen LogP contribution is -2.38. The van der Waals surface area contributed by atoms with Crippen LogP contribution in [-0.4, -0.2) is 22.1 Å². The molecular formula is C13H20N2O2S. The van der Waals surface area contributed by atoms with Crippen LogP contribution >= 0.6 is 11.3 Å². The van der Waals surface area contributed by atoms with E-state index in [9.17, 15) is 4.79 Å². The Morgan fingerprint density at radius 2 is 2.22 bits per heavy atom. The summed E-state index contributed by atoms with van der Waals surface area (Å²) < 4.78 is 0. The lowest BCUT2D eigenvalue weighted by molar-refractivity contribution is 0.0690. The first-order valence-corrected chi connectivity index (χ1v) is 7.19. The third-order valence-electron chi connectivity index (χ3n) is 3.80. The summed E-state index contributed by atoms with van der Waals surface area (Å²) in [7, 11) is 0. The zero-order valence-corrected chi connectivity index (χ0v) is 11.9. The Labute approximate surface area is 111 Å². The molecule has 1 saturated carbocycles. The van der Waals surface area contributed by atoms with Gasteiger partial charge in [0, 0.05) is 10.9 Å². The molecule has 5 heteroatoms. The van der Waals surface area contributed by atoms with Crippen LogP contribution in [0.4, 0.5) is 5.13 Å². The fourth-order valence-corrected chi connectivity index (χ4v) is 3.42. The van der Waals surface area contributed by atoms with Crippen molar-refractivity contribution in [1.82, 2.24) is 4.98 Å². The van der Waals surface area contributed by atoms with Gasteiger partial charge in [0.2, 0.25) is 0 Å². The molecule has 2 rings (SSSR count). The molecule has 1 heterocycles. The van der Waals surface area contributed by atoms with Gasteiger partial charge in [-0.1, -0.05) is 26.7 Å². The quantitative estimate of drug-likeness (QED) is 0.880. The lowest BCUT2D eigenvalue weighted by atomic mass is 9.73. The molecule has 0 radical (unpaired) electrons. The summed E-state index contributed by atoms with van der Waals surface area (Å²) >= 11 is 1.43. The van der Waals surface area contributed by atoms with Crippen molar-refractivity contribution in [2.45, 2.75) is 52.5 Å². The number of carboxylic acids is 1. The number of hydrogen-bond acceptors (Lipinski definition) is 4. The van der Waals surface area contributed by atoms with E-state index in [2.05, 4.69) is 24.1 Å². The van der Waals surface area contributed by atoms with E-state index in [0.717, 1.165) is 16.4 Å². The predicted molar refractivity (Wildman–Crippen MR) is 73.5 cm³/mol. The molecule has 18 heavy (non-hydrogen) atoms. The van der Waals surface area contributed by atoms with Crippen LogP contribution in [0.15, 0.2) is 0 Å². The number of nitrogens with zero attached hydrogens (tertiary/aromatic N) is 1. The van der Waals surface area contributed by atoms with Gasteiger partial charge in [0.25, 0.3) is 0 Å². The van der Waals surface area contributed by atoms with Gasteiger partial charge in [-0.25, -0.2) is 9.78 Å². The molecule has 0 saturated heterocycles. The first-order valence-electron chi connectivity index (χ1n) is 6.37. The highest BCUT2D eigenvalue weighted by atomic mass is 32.1.